The minimum atomic E-state index is -4.29. The average Bonchev–Trinajstić information content (AvgIpc) is 2.61. The van der Waals surface area contributed by atoms with Crippen LogP contribution < -0.4 is 5.32 Å². The van der Waals surface area contributed by atoms with Crippen LogP contribution in [-0.4, -0.2) is 18.6 Å². The lowest BCUT2D eigenvalue weighted by atomic mass is 10.1. The summed E-state index contributed by atoms with van der Waals surface area (Å²) < 4.78 is 51.4. The molecule has 5 nitrogen and oxygen atoms in total. The summed E-state index contributed by atoms with van der Waals surface area (Å²) in [6.07, 6.45) is 0. The highest BCUT2D eigenvalue weighted by molar-refractivity contribution is 7.59. The van der Waals surface area contributed by atoms with Crippen LogP contribution in [-0.2, 0) is 13.6 Å². The lowest BCUT2D eigenvalue weighted by molar-refractivity contribution is 0.138. The van der Waals surface area contributed by atoms with Gasteiger partial charge in [-0.3, -0.25) is 4.57 Å². The van der Waals surface area contributed by atoms with Crippen molar-refractivity contribution in [2.75, 3.05) is 18.5 Å². The molecule has 0 saturated heterocycles. The van der Waals surface area contributed by atoms with Crippen molar-refractivity contribution in [3.63, 3.8) is 0 Å². The van der Waals surface area contributed by atoms with E-state index < -0.39 is 24.0 Å². The molecule has 0 amide bonds. The van der Waals surface area contributed by atoms with Gasteiger partial charge in [-0.05, 0) is 36.9 Å². The van der Waals surface area contributed by atoms with Crippen molar-refractivity contribution in [1.29, 1.82) is 5.26 Å². The second-order valence-electron chi connectivity index (χ2n) is 5.32. The Labute approximate surface area is 161 Å². The molecule has 0 fully saturated rings. The number of halogens is 3. The molecule has 144 valence electrons. The summed E-state index contributed by atoms with van der Waals surface area (Å²) in [7, 11) is -4.29. The van der Waals surface area contributed by atoms with Crippen molar-refractivity contribution in [2.45, 2.75) is 19.2 Å². The second-order valence-corrected chi connectivity index (χ2v) is 7.75. The van der Waals surface area contributed by atoms with Gasteiger partial charge in [-0.15, -0.1) is 0 Å². The van der Waals surface area contributed by atoms with Crippen LogP contribution >= 0.6 is 19.2 Å². The Bertz CT molecular complexity index is 923. The summed E-state index contributed by atoms with van der Waals surface area (Å²) in [6, 6.07) is 13.6. The Hall–Kier alpha value is -1.97. The van der Waals surface area contributed by atoms with Crippen molar-refractivity contribution >= 4 is 35.7 Å². The van der Waals surface area contributed by atoms with Crippen LogP contribution in [0.2, 0.25) is 0 Å². The van der Waals surface area contributed by atoms with E-state index in [4.69, 9.17) is 20.6 Å². The molecule has 0 spiro atoms. The molecule has 0 aliphatic rings. The summed E-state index contributed by atoms with van der Waals surface area (Å²) in [5.41, 5.74) is -0.760. The van der Waals surface area contributed by atoms with Crippen LogP contribution in [0, 0.1) is 11.3 Å². The van der Waals surface area contributed by atoms with E-state index in [1.807, 2.05) is 0 Å². The molecule has 2 rings (SSSR count). The van der Waals surface area contributed by atoms with Gasteiger partial charge in [0, 0.05) is 11.1 Å². The van der Waals surface area contributed by atoms with E-state index >= 15 is 0 Å². The van der Waals surface area contributed by atoms with Crippen molar-refractivity contribution in [2.24, 2.45) is 0 Å². The fourth-order valence-electron chi connectivity index (χ4n) is 2.49. The first-order valence-corrected chi connectivity index (χ1v) is 10.0. The van der Waals surface area contributed by atoms with Gasteiger partial charge in [-0.2, -0.15) is 14.0 Å². The Morgan fingerprint density at radius 2 is 1.78 bits per heavy atom. The Kier molecular flexibility index (Phi) is 6.96. The molecule has 9 heteroatoms. The molecule has 1 N–H and O–H groups in total. The van der Waals surface area contributed by atoms with Crippen LogP contribution in [0.1, 0.15) is 13.8 Å². The van der Waals surface area contributed by atoms with Crippen molar-refractivity contribution in [3.8, 4) is 6.07 Å². The van der Waals surface area contributed by atoms with Gasteiger partial charge in [0.15, 0.2) is 5.31 Å². The number of rotatable bonds is 8. The number of allylic oxidation sites excluding steroid dienone is 2. The number of nitriles is 1. The first kappa shape index (κ1) is 21.3. The topological polar surface area (TPSA) is 71.3 Å². The van der Waals surface area contributed by atoms with Crippen LogP contribution in [0.5, 0.6) is 0 Å². The highest BCUT2D eigenvalue weighted by atomic mass is 35.5. The van der Waals surface area contributed by atoms with E-state index in [0.717, 1.165) is 5.39 Å². The Balaban J connectivity index is 2.68. The molecular formula is C18H18ClF2N2O3P. The van der Waals surface area contributed by atoms with Gasteiger partial charge < -0.3 is 14.4 Å². The van der Waals surface area contributed by atoms with Crippen LogP contribution in [0.4, 0.5) is 14.5 Å². The van der Waals surface area contributed by atoms with Gasteiger partial charge in [0.25, 0.3) is 0 Å². The molecule has 0 unspecified atom stereocenters. The molecule has 2 aromatic rings. The normalized spacial score (nSPS) is 13.2. The SMILES string of the molecule is CCOP(=O)(OCC)/C(C#N)=C(\Nc1cccc2ccccc12)C(F)(F)Cl. The van der Waals surface area contributed by atoms with Gasteiger partial charge in [0.1, 0.15) is 11.8 Å². The lowest BCUT2D eigenvalue weighted by Crippen LogP contribution is -2.21. The zero-order chi connectivity index (χ0) is 20.1. The number of alkyl halides is 3. The summed E-state index contributed by atoms with van der Waals surface area (Å²) >= 11 is 5.24. The van der Waals surface area contributed by atoms with E-state index in [1.54, 1.807) is 42.5 Å². The number of hydrogen-bond donors (Lipinski definition) is 1. The Morgan fingerprint density at radius 3 is 2.33 bits per heavy atom. The van der Waals surface area contributed by atoms with E-state index in [9.17, 15) is 18.6 Å². The first-order valence-electron chi connectivity index (χ1n) is 8.12. The molecule has 0 radical (unpaired) electrons. The molecule has 0 atom stereocenters. The van der Waals surface area contributed by atoms with Crippen LogP contribution in [0.15, 0.2) is 53.5 Å². The van der Waals surface area contributed by atoms with E-state index in [1.165, 1.54) is 19.9 Å². The van der Waals surface area contributed by atoms with Gasteiger partial charge in [0.2, 0.25) is 0 Å². The largest absolute Gasteiger partial charge is 0.373 e. The van der Waals surface area contributed by atoms with E-state index in [0.29, 0.717) is 5.39 Å². The monoisotopic (exact) mass is 414 g/mol. The maximum atomic E-state index is 14.2. The van der Waals surface area contributed by atoms with Crippen molar-refractivity contribution in [3.05, 3.63) is 53.5 Å². The molecule has 0 bridgehead atoms. The third-order valence-corrected chi connectivity index (χ3v) is 5.80. The predicted molar refractivity (Wildman–Crippen MR) is 102 cm³/mol. The predicted octanol–water partition coefficient (Wildman–Crippen LogP) is 6.08. The average molecular weight is 415 g/mol. The molecule has 0 aliphatic carbocycles. The zero-order valence-corrected chi connectivity index (χ0v) is 16.4. The summed E-state index contributed by atoms with van der Waals surface area (Å²) in [6.45, 7) is 2.82. The molecule has 2 aromatic carbocycles. The van der Waals surface area contributed by atoms with Gasteiger partial charge in [0.05, 0.1) is 13.2 Å². The third kappa shape index (κ3) is 4.85. The smallest absolute Gasteiger partial charge is 0.351 e. The lowest BCUT2D eigenvalue weighted by Gasteiger charge is -2.22. The van der Waals surface area contributed by atoms with Gasteiger partial charge >= 0.3 is 13.0 Å². The summed E-state index contributed by atoms with van der Waals surface area (Å²) in [5.74, 6) is 0. The molecular weight excluding hydrogens is 397 g/mol. The van der Waals surface area contributed by atoms with Crippen LogP contribution in [0.3, 0.4) is 0 Å². The number of nitrogens with one attached hydrogen (secondary N) is 1. The summed E-state index contributed by atoms with van der Waals surface area (Å²) in [5, 5.41) is 8.49. The molecule has 0 saturated carbocycles. The third-order valence-electron chi connectivity index (χ3n) is 3.55. The summed E-state index contributed by atoms with van der Waals surface area (Å²) in [4.78, 5) is 0. The van der Waals surface area contributed by atoms with E-state index in [-0.39, 0.29) is 18.9 Å². The van der Waals surface area contributed by atoms with Crippen molar-refractivity contribution in [1.82, 2.24) is 0 Å². The number of nitrogens with zero attached hydrogens (tertiary/aromatic N) is 1. The molecule has 0 aromatic heterocycles. The van der Waals surface area contributed by atoms with Crippen LogP contribution in [0.25, 0.3) is 10.8 Å². The second kappa shape index (κ2) is 8.81. The minimum absolute atomic E-state index is 0.0993. The fraction of sp³-hybridized carbons (Fsp3) is 0.278. The maximum Gasteiger partial charge on any atom is 0.373 e. The standard InChI is InChI=1S/C18H18ClF2N2O3P/c1-3-25-27(24,26-4-2)16(12-22)17(18(19,20)21)23-15-11-7-9-13-8-5-6-10-14(13)15/h5-11,23H,3-4H2,1-2H3/b17-16-. The van der Waals surface area contributed by atoms with Gasteiger partial charge in [-0.25, -0.2) is 0 Å². The quantitative estimate of drug-likeness (QED) is 0.322. The zero-order valence-electron chi connectivity index (χ0n) is 14.7. The number of fused-ring (bicyclic) bond motifs is 1. The highest BCUT2D eigenvalue weighted by Gasteiger charge is 2.43. The minimum Gasteiger partial charge on any atom is -0.351 e. The molecule has 0 heterocycles. The van der Waals surface area contributed by atoms with Crippen molar-refractivity contribution < 1.29 is 22.4 Å². The number of hydrogen-bond acceptors (Lipinski definition) is 5. The van der Waals surface area contributed by atoms with Gasteiger partial charge in [-0.1, -0.05) is 36.4 Å². The maximum absolute atomic E-state index is 14.2. The fourth-order valence-corrected chi connectivity index (χ4v) is 4.31. The molecule has 0 aliphatic heterocycles. The number of benzene rings is 2. The molecule has 27 heavy (non-hydrogen) atoms. The highest BCUT2D eigenvalue weighted by Crippen LogP contribution is 2.58. The first-order chi connectivity index (χ1) is 12.8. The Morgan fingerprint density at radius 1 is 1.19 bits per heavy atom. The van der Waals surface area contributed by atoms with E-state index in [2.05, 4.69) is 5.32 Å². The number of anilines is 1.